The van der Waals surface area contributed by atoms with E-state index in [-0.39, 0.29) is 11.6 Å². The van der Waals surface area contributed by atoms with Crippen molar-refractivity contribution in [2.24, 2.45) is 5.92 Å². The summed E-state index contributed by atoms with van der Waals surface area (Å²) in [6.07, 6.45) is 1.15. The third-order valence-corrected chi connectivity index (χ3v) is 4.31. The quantitative estimate of drug-likeness (QED) is 0.691. The fraction of sp³-hybridized carbons (Fsp3) is 0.375. The first-order valence-electron chi connectivity index (χ1n) is 7.50. The molecule has 2 heterocycles. The molecule has 1 N–H and O–H groups in total. The van der Waals surface area contributed by atoms with Crippen LogP contribution in [0.3, 0.4) is 0 Å². The number of nitro groups is 1. The van der Waals surface area contributed by atoms with Crippen LogP contribution < -0.4 is 4.90 Å². The van der Waals surface area contributed by atoms with Crippen LogP contribution in [-0.2, 0) is 4.79 Å². The van der Waals surface area contributed by atoms with Gasteiger partial charge in [-0.05, 0) is 25.8 Å². The lowest BCUT2D eigenvalue weighted by molar-refractivity contribution is -0.383. The number of hydrogen-bond acceptors (Lipinski definition) is 5. The maximum absolute atomic E-state index is 11.2. The zero-order valence-electron chi connectivity index (χ0n) is 12.7. The van der Waals surface area contributed by atoms with E-state index in [2.05, 4.69) is 9.88 Å². The number of benzene rings is 1. The smallest absolute Gasteiger partial charge is 0.306 e. The molecule has 23 heavy (non-hydrogen) atoms. The standard InChI is InChI=1S/C16H17N3O4/c1-10-9-14(18-7-5-11(6-8-18)16(20)21)12-3-2-4-13(19(22)23)15(12)17-10/h2-4,9,11H,5-8H2,1H3,(H,20,21). The molecule has 0 bridgehead atoms. The third kappa shape index (κ3) is 2.81. The van der Waals surface area contributed by atoms with E-state index in [1.807, 2.05) is 19.1 Å². The molecule has 0 amide bonds. The van der Waals surface area contributed by atoms with Crippen LogP contribution in [0.15, 0.2) is 24.3 Å². The Morgan fingerprint density at radius 3 is 2.70 bits per heavy atom. The van der Waals surface area contributed by atoms with E-state index in [9.17, 15) is 14.9 Å². The van der Waals surface area contributed by atoms with Gasteiger partial charge >= 0.3 is 5.97 Å². The van der Waals surface area contributed by atoms with Crippen molar-refractivity contribution in [3.8, 4) is 0 Å². The maximum atomic E-state index is 11.2. The molecule has 7 heteroatoms. The first-order valence-corrected chi connectivity index (χ1v) is 7.50. The summed E-state index contributed by atoms with van der Waals surface area (Å²) >= 11 is 0. The molecule has 1 saturated heterocycles. The normalized spacial score (nSPS) is 15.8. The molecule has 0 aliphatic carbocycles. The van der Waals surface area contributed by atoms with Gasteiger partial charge in [0.2, 0.25) is 0 Å². The lowest BCUT2D eigenvalue weighted by Crippen LogP contribution is -2.36. The number of anilines is 1. The van der Waals surface area contributed by atoms with Crippen molar-refractivity contribution >= 4 is 28.2 Å². The number of aromatic nitrogens is 1. The number of para-hydroxylation sites is 1. The Hall–Kier alpha value is -2.70. The molecular weight excluding hydrogens is 298 g/mol. The molecule has 0 saturated carbocycles. The Kier molecular flexibility index (Phi) is 3.85. The molecule has 2 aromatic rings. The minimum absolute atomic E-state index is 0.00660. The number of non-ortho nitro benzene ring substituents is 1. The molecule has 1 aromatic heterocycles. The zero-order chi connectivity index (χ0) is 16.6. The summed E-state index contributed by atoms with van der Waals surface area (Å²) in [6.45, 7) is 3.06. The van der Waals surface area contributed by atoms with Gasteiger partial charge in [0.25, 0.3) is 5.69 Å². The van der Waals surface area contributed by atoms with Gasteiger partial charge < -0.3 is 10.0 Å². The average Bonchev–Trinajstić information content (AvgIpc) is 2.53. The van der Waals surface area contributed by atoms with Crippen LogP contribution >= 0.6 is 0 Å². The lowest BCUT2D eigenvalue weighted by Gasteiger charge is -2.32. The number of aliphatic carboxylic acids is 1. The first kappa shape index (κ1) is 15.2. The largest absolute Gasteiger partial charge is 0.481 e. The Labute approximate surface area is 132 Å². The first-order chi connectivity index (χ1) is 11.0. The molecule has 0 unspecified atom stereocenters. The predicted octanol–water partition coefficient (Wildman–Crippen LogP) is 2.75. The number of nitrogens with zero attached hydrogens (tertiary/aromatic N) is 3. The van der Waals surface area contributed by atoms with E-state index < -0.39 is 10.9 Å². The molecule has 3 rings (SSSR count). The van der Waals surface area contributed by atoms with E-state index >= 15 is 0 Å². The Bertz CT molecular complexity index is 782. The van der Waals surface area contributed by atoms with E-state index in [1.165, 1.54) is 6.07 Å². The molecule has 120 valence electrons. The average molecular weight is 315 g/mol. The Morgan fingerprint density at radius 1 is 1.39 bits per heavy atom. The van der Waals surface area contributed by atoms with Gasteiger partial charge in [-0.25, -0.2) is 4.98 Å². The molecule has 7 nitrogen and oxygen atoms in total. The van der Waals surface area contributed by atoms with Crippen LogP contribution in [0.1, 0.15) is 18.5 Å². The fourth-order valence-corrected chi connectivity index (χ4v) is 3.12. The number of carboxylic acids is 1. The summed E-state index contributed by atoms with van der Waals surface area (Å²) in [5, 5.41) is 21.1. The van der Waals surface area contributed by atoms with Crippen LogP contribution in [0.25, 0.3) is 10.9 Å². The van der Waals surface area contributed by atoms with Gasteiger partial charge in [0, 0.05) is 35.9 Å². The van der Waals surface area contributed by atoms with Crippen molar-refractivity contribution in [3.63, 3.8) is 0 Å². The number of rotatable bonds is 3. The van der Waals surface area contributed by atoms with Gasteiger partial charge in [-0.2, -0.15) is 0 Å². The van der Waals surface area contributed by atoms with Gasteiger partial charge in [0.05, 0.1) is 10.8 Å². The van der Waals surface area contributed by atoms with Crippen LogP contribution in [0.2, 0.25) is 0 Å². The molecule has 1 aliphatic rings. The van der Waals surface area contributed by atoms with Gasteiger partial charge in [-0.1, -0.05) is 12.1 Å². The molecule has 1 fully saturated rings. The highest BCUT2D eigenvalue weighted by molar-refractivity contribution is 5.97. The highest BCUT2D eigenvalue weighted by Crippen LogP contribution is 2.34. The summed E-state index contributed by atoms with van der Waals surface area (Å²) in [5.74, 6) is -1.06. The minimum Gasteiger partial charge on any atom is -0.481 e. The Morgan fingerprint density at radius 2 is 2.09 bits per heavy atom. The lowest BCUT2D eigenvalue weighted by atomic mass is 9.96. The number of pyridine rings is 1. The van der Waals surface area contributed by atoms with Crippen LogP contribution in [0.4, 0.5) is 11.4 Å². The zero-order valence-corrected chi connectivity index (χ0v) is 12.7. The van der Waals surface area contributed by atoms with E-state index in [0.717, 1.165) is 11.1 Å². The molecule has 0 atom stereocenters. The van der Waals surface area contributed by atoms with Crippen molar-refractivity contribution in [2.45, 2.75) is 19.8 Å². The van der Waals surface area contributed by atoms with E-state index in [0.29, 0.717) is 37.1 Å². The predicted molar refractivity (Wildman–Crippen MR) is 85.7 cm³/mol. The maximum Gasteiger partial charge on any atom is 0.306 e. The van der Waals surface area contributed by atoms with Gasteiger partial charge in [0.1, 0.15) is 0 Å². The topological polar surface area (TPSA) is 96.6 Å². The highest BCUT2D eigenvalue weighted by Gasteiger charge is 2.26. The molecule has 0 radical (unpaired) electrons. The number of hydrogen-bond donors (Lipinski definition) is 1. The monoisotopic (exact) mass is 315 g/mol. The van der Waals surface area contributed by atoms with E-state index in [1.54, 1.807) is 6.07 Å². The van der Waals surface area contributed by atoms with Crippen molar-refractivity contribution in [1.29, 1.82) is 0 Å². The van der Waals surface area contributed by atoms with Crippen LogP contribution in [0, 0.1) is 23.0 Å². The number of fused-ring (bicyclic) bond motifs is 1. The molecule has 1 aliphatic heterocycles. The van der Waals surface area contributed by atoms with Crippen LogP contribution in [-0.4, -0.2) is 34.1 Å². The number of nitro benzene ring substituents is 1. The molecule has 1 aromatic carbocycles. The second kappa shape index (κ2) is 5.83. The Balaban J connectivity index is 2.03. The van der Waals surface area contributed by atoms with Crippen molar-refractivity contribution < 1.29 is 14.8 Å². The highest BCUT2D eigenvalue weighted by atomic mass is 16.6. The molecular formula is C16H17N3O4. The van der Waals surface area contributed by atoms with E-state index in [4.69, 9.17) is 5.11 Å². The third-order valence-electron chi connectivity index (χ3n) is 4.31. The summed E-state index contributed by atoms with van der Waals surface area (Å²) in [6, 6.07) is 6.85. The van der Waals surface area contributed by atoms with Crippen molar-refractivity contribution in [2.75, 3.05) is 18.0 Å². The number of carboxylic acid groups (broad SMARTS) is 1. The minimum atomic E-state index is -0.754. The summed E-state index contributed by atoms with van der Waals surface area (Å²) in [7, 11) is 0. The van der Waals surface area contributed by atoms with Crippen LogP contribution in [0.5, 0.6) is 0 Å². The second-order valence-electron chi connectivity index (χ2n) is 5.81. The SMILES string of the molecule is Cc1cc(N2CCC(C(=O)O)CC2)c2cccc([N+](=O)[O-])c2n1. The van der Waals surface area contributed by atoms with Crippen molar-refractivity contribution in [3.05, 3.63) is 40.1 Å². The van der Waals surface area contributed by atoms with Gasteiger partial charge in [-0.15, -0.1) is 0 Å². The fourth-order valence-electron chi connectivity index (χ4n) is 3.12. The summed E-state index contributed by atoms with van der Waals surface area (Å²) in [5.41, 5.74) is 1.97. The van der Waals surface area contributed by atoms with Gasteiger partial charge in [-0.3, -0.25) is 14.9 Å². The number of piperidine rings is 1. The van der Waals surface area contributed by atoms with Crippen molar-refractivity contribution in [1.82, 2.24) is 4.98 Å². The number of aryl methyl sites for hydroxylation is 1. The number of carbonyl (C=O) groups is 1. The molecule has 0 spiro atoms. The summed E-state index contributed by atoms with van der Waals surface area (Å²) in [4.78, 5) is 28.3. The van der Waals surface area contributed by atoms with Gasteiger partial charge in [0.15, 0.2) is 5.52 Å². The summed E-state index contributed by atoms with van der Waals surface area (Å²) < 4.78 is 0. The second-order valence-corrected chi connectivity index (χ2v) is 5.81.